The summed E-state index contributed by atoms with van der Waals surface area (Å²) in [4.78, 5) is 24.4. The van der Waals surface area contributed by atoms with Crippen molar-refractivity contribution >= 4 is 11.9 Å². The van der Waals surface area contributed by atoms with Gasteiger partial charge in [-0.25, -0.2) is 4.79 Å². The zero-order valence-corrected chi connectivity index (χ0v) is 20.2. The van der Waals surface area contributed by atoms with Crippen molar-refractivity contribution in [3.63, 3.8) is 0 Å². The van der Waals surface area contributed by atoms with Gasteiger partial charge in [-0.2, -0.15) is 0 Å². The van der Waals surface area contributed by atoms with Gasteiger partial charge >= 0.3 is 11.9 Å². The smallest absolute Gasteiger partial charge is 0.338 e. The van der Waals surface area contributed by atoms with Gasteiger partial charge in [-0.15, -0.1) is 0 Å². The Morgan fingerprint density at radius 1 is 1.06 bits per heavy atom. The van der Waals surface area contributed by atoms with Crippen molar-refractivity contribution in [3.8, 4) is 28.4 Å². The molecule has 2 aliphatic rings. The predicted octanol–water partition coefficient (Wildman–Crippen LogP) is 5.48. The number of carboxylic acid groups (broad SMARTS) is 1. The van der Waals surface area contributed by atoms with Crippen LogP contribution in [-0.2, 0) is 16.1 Å². The van der Waals surface area contributed by atoms with E-state index in [4.69, 9.17) is 18.9 Å². The molecule has 2 aromatic rings. The van der Waals surface area contributed by atoms with Gasteiger partial charge in [0.2, 0.25) is 5.75 Å². The molecule has 1 aliphatic carbocycles. The van der Waals surface area contributed by atoms with Gasteiger partial charge in [-0.1, -0.05) is 26.3 Å². The first-order valence-electron chi connectivity index (χ1n) is 11.9. The fourth-order valence-electron chi connectivity index (χ4n) is 5.23. The number of carbonyl (C=O) groups excluding carboxylic acids is 1. The summed E-state index contributed by atoms with van der Waals surface area (Å²) >= 11 is 0. The summed E-state index contributed by atoms with van der Waals surface area (Å²) in [6.07, 6.45) is 3.12. The zero-order valence-electron chi connectivity index (χ0n) is 20.2. The minimum Gasteiger partial charge on any atom is -0.493 e. The van der Waals surface area contributed by atoms with Gasteiger partial charge in [-0.3, -0.25) is 4.79 Å². The highest BCUT2D eigenvalue weighted by Gasteiger charge is 2.54. The summed E-state index contributed by atoms with van der Waals surface area (Å²) in [5.74, 6) is 0.299. The third-order valence-electron chi connectivity index (χ3n) is 7.43. The molecule has 34 heavy (non-hydrogen) atoms. The molecule has 1 unspecified atom stereocenters. The van der Waals surface area contributed by atoms with Gasteiger partial charge in [0, 0.05) is 11.1 Å². The van der Waals surface area contributed by atoms with Gasteiger partial charge < -0.3 is 24.1 Å². The maximum absolute atomic E-state index is 12.5. The van der Waals surface area contributed by atoms with Crippen LogP contribution >= 0.6 is 0 Å². The Bertz CT molecular complexity index is 1080. The van der Waals surface area contributed by atoms with Crippen LogP contribution in [0.2, 0.25) is 0 Å². The molecule has 1 aliphatic heterocycles. The Kier molecular flexibility index (Phi) is 6.73. The van der Waals surface area contributed by atoms with Gasteiger partial charge in [0.25, 0.3) is 0 Å². The molecule has 0 amide bonds. The van der Waals surface area contributed by atoms with Crippen molar-refractivity contribution in [1.29, 1.82) is 0 Å². The number of esters is 1. The number of fused-ring (bicyclic) bond motifs is 1. The minimum atomic E-state index is -0.930. The Labute approximate surface area is 200 Å². The van der Waals surface area contributed by atoms with Crippen LogP contribution in [0.1, 0.15) is 61.9 Å². The molecule has 1 saturated carbocycles. The molecular weight excluding hydrogens is 436 g/mol. The summed E-state index contributed by atoms with van der Waals surface area (Å²) in [7, 11) is 3.11. The number of ether oxygens (including phenoxy) is 4. The lowest BCUT2D eigenvalue weighted by Crippen LogP contribution is -2.53. The monoisotopic (exact) mass is 468 g/mol. The summed E-state index contributed by atoms with van der Waals surface area (Å²) in [6, 6.07) is 9.20. The van der Waals surface area contributed by atoms with Gasteiger partial charge in [-0.05, 0) is 61.4 Å². The van der Waals surface area contributed by atoms with Crippen LogP contribution < -0.4 is 14.2 Å². The zero-order chi connectivity index (χ0) is 24.5. The second kappa shape index (κ2) is 9.57. The van der Waals surface area contributed by atoms with Crippen molar-refractivity contribution in [2.24, 2.45) is 11.3 Å². The van der Waals surface area contributed by atoms with Crippen molar-refractivity contribution in [2.75, 3.05) is 14.2 Å². The van der Waals surface area contributed by atoms with Crippen LogP contribution in [0.5, 0.6) is 17.2 Å². The number of methoxy groups -OCH3 is 2. The lowest BCUT2D eigenvalue weighted by atomic mass is 9.61. The van der Waals surface area contributed by atoms with E-state index in [1.54, 1.807) is 26.4 Å². The third kappa shape index (κ3) is 3.87. The minimum absolute atomic E-state index is 0.0613. The van der Waals surface area contributed by atoms with E-state index >= 15 is 0 Å². The Morgan fingerprint density at radius 2 is 1.76 bits per heavy atom. The molecule has 182 valence electrons. The van der Waals surface area contributed by atoms with Crippen LogP contribution in [-0.4, -0.2) is 37.4 Å². The number of carboxylic acids is 1. The largest absolute Gasteiger partial charge is 0.493 e. The summed E-state index contributed by atoms with van der Waals surface area (Å²) < 4.78 is 23.2. The fourth-order valence-corrected chi connectivity index (χ4v) is 5.23. The topological polar surface area (TPSA) is 91.3 Å². The Balaban J connectivity index is 1.87. The van der Waals surface area contributed by atoms with E-state index < -0.39 is 17.5 Å². The van der Waals surface area contributed by atoms with Crippen molar-refractivity contribution in [2.45, 2.75) is 58.7 Å². The van der Waals surface area contributed by atoms with E-state index in [1.807, 2.05) is 18.2 Å². The molecule has 0 bridgehead atoms. The molecule has 0 aromatic heterocycles. The number of cyclic esters (lactones) is 1. The molecule has 1 heterocycles. The van der Waals surface area contributed by atoms with E-state index in [2.05, 4.69) is 13.8 Å². The number of hydrogen-bond donors (Lipinski definition) is 1. The van der Waals surface area contributed by atoms with Crippen LogP contribution in [0, 0.1) is 11.3 Å². The maximum atomic E-state index is 12.5. The van der Waals surface area contributed by atoms with Crippen LogP contribution in [0.25, 0.3) is 11.1 Å². The first-order chi connectivity index (χ1) is 16.4. The van der Waals surface area contributed by atoms with Crippen molar-refractivity contribution in [3.05, 3.63) is 41.5 Å². The molecule has 1 atom stereocenters. The molecule has 7 heteroatoms. The highest BCUT2D eigenvalue weighted by Crippen LogP contribution is 2.52. The number of carbonyl (C=O) groups is 2. The highest BCUT2D eigenvalue weighted by molar-refractivity contribution is 5.94. The molecule has 0 spiro atoms. The lowest BCUT2D eigenvalue weighted by Gasteiger charge is -2.46. The summed E-state index contributed by atoms with van der Waals surface area (Å²) in [5, 5.41) is 10.2. The van der Waals surface area contributed by atoms with E-state index in [9.17, 15) is 14.7 Å². The molecule has 0 radical (unpaired) electrons. The normalized spacial score (nSPS) is 16.9. The quantitative estimate of drug-likeness (QED) is 0.462. The van der Waals surface area contributed by atoms with E-state index in [0.717, 1.165) is 36.0 Å². The number of benzene rings is 2. The molecule has 1 fully saturated rings. The second-order valence-electron chi connectivity index (χ2n) is 9.06. The summed E-state index contributed by atoms with van der Waals surface area (Å²) in [6.45, 7) is 4.37. The number of aliphatic carboxylic acids is 1. The molecular formula is C27H32O7. The number of rotatable bonds is 10. The average molecular weight is 469 g/mol. The first-order valence-corrected chi connectivity index (χ1v) is 11.9. The molecule has 0 saturated heterocycles. The molecule has 7 nitrogen and oxygen atoms in total. The lowest BCUT2D eigenvalue weighted by molar-refractivity contribution is -0.167. The standard InChI is InChI=1S/C27H32O7/c1-5-16(6-2)24(27(26(29)30)12-7-13-27)34-22-19(10-11-21(31-3)23(22)32-4)17-8-9-20-18(14-17)15-33-25(20)28/h8-11,14,16,24H,5-7,12-13,15H2,1-4H3,(H,29,30). The van der Waals surface area contributed by atoms with Crippen LogP contribution in [0.15, 0.2) is 30.3 Å². The van der Waals surface area contributed by atoms with Crippen molar-refractivity contribution < 1.29 is 33.6 Å². The molecule has 2 aromatic carbocycles. The van der Waals surface area contributed by atoms with Gasteiger partial charge in [0.1, 0.15) is 18.1 Å². The predicted molar refractivity (Wildman–Crippen MR) is 127 cm³/mol. The van der Waals surface area contributed by atoms with Crippen molar-refractivity contribution in [1.82, 2.24) is 0 Å². The third-order valence-corrected chi connectivity index (χ3v) is 7.43. The van der Waals surface area contributed by atoms with Gasteiger partial charge in [0.05, 0.1) is 19.8 Å². The Hall–Kier alpha value is -3.22. The van der Waals surface area contributed by atoms with E-state index in [0.29, 0.717) is 35.7 Å². The summed E-state index contributed by atoms with van der Waals surface area (Å²) in [5.41, 5.74) is 2.01. The average Bonchev–Trinajstić information content (AvgIpc) is 3.18. The van der Waals surface area contributed by atoms with Gasteiger partial charge in [0.15, 0.2) is 11.5 Å². The SMILES string of the molecule is CCC(CC)C(Oc1c(-c2ccc3c(c2)COC3=O)ccc(OC)c1OC)C1(C(=O)O)CCC1. The molecule has 4 rings (SSSR count). The fraction of sp³-hybridized carbons (Fsp3) is 0.481. The maximum Gasteiger partial charge on any atom is 0.338 e. The highest BCUT2D eigenvalue weighted by atomic mass is 16.5. The van der Waals surface area contributed by atoms with E-state index in [-0.39, 0.29) is 18.5 Å². The van der Waals surface area contributed by atoms with E-state index in [1.165, 1.54) is 0 Å². The Morgan fingerprint density at radius 3 is 2.32 bits per heavy atom. The number of hydrogen-bond acceptors (Lipinski definition) is 6. The van der Waals surface area contributed by atoms with Crippen LogP contribution in [0.3, 0.4) is 0 Å². The van der Waals surface area contributed by atoms with Crippen LogP contribution in [0.4, 0.5) is 0 Å². The molecule has 1 N–H and O–H groups in total. The first kappa shape index (κ1) is 23.9. The second-order valence-corrected chi connectivity index (χ2v) is 9.06.